The minimum Gasteiger partial charge on any atom is -0.456 e. The third kappa shape index (κ3) is 3.47. The first-order valence-corrected chi connectivity index (χ1v) is 16.3. The van der Waals surface area contributed by atoms with Crippen LogP contribution in [0.3, 0.4) is 0 Å². The monoisotopic (exact) mass is 578 g/mol. The van der Waals surface area contributed by atoms with Crippen molar-refractivity contribution in [3.8, 4) is 22.3 Å². The first-order chi connectivity index (χ1) is 22.3. The highest BCUT2D eigenvalue weighted by Gasteiger charge is 2.28. The summed E-state index contributed by atoms with van der Waals surface area (Å²) in [6.45, 7) is 0. The van der Waals surface area contributed by atoms with Gasteiger partial charge in [-0.1, -0.05) is 60.7 Å². The van der Waals surface area contributed by atoms with Crippen molar-refractivity contribution in [3.05, 3.63) is 121 Å². The molecule has 9 aromatic rings. The van der Waals surface area contributed by atoms with E-state index < -0.39 is 0 Å². The summed E-state index contributed by atoms with van der Waals surface area (Å²) in [5.41, 5.74) is 12.2. The van der Waals surface area contributed by atoms with Crippen molar-refractivity contribution in [2.45, 2.75) is 37.8 Å². The highest BCUT2D eigenvalue weighted by atomic mass is 16.3. The van der Waals surface area contributed by atoms with Crippen molar-refractivity contribution >= 4 is 65.6 Å². The third-order valence-electron chi connectivity index (χ3n) is 10.4. The van der Waals surface area contributed by atoms with Crippen molar-refractivity contribution in [1.82, 2.24) is 9.13 Å². The Kier molecular flexibility index (Phi) is 4.64. The summed E-state index contributed by atoms with van der Waals surface area (Å²) in [6, 6.07) is 46.4. The lowest BCUT2D eigenvalue weighted by molar-refractivity contribution is 0.669. The number of para-hydroxylation sites is 2. The Hall–Kier alpha value is -5.28. The number of furan rings is 1. The van der Waals surface area contributed by atoms with Gasteiger partial charge in [-0.2, -0.15) is 0 Å². The van der Waals surface area contributed by atoms with Gasteiger partial charge in [0.2, 0.25) is 0 Å². The Balaban J connectivity index is 1.05. The predicted molar refractivity (Wildman–Crippen MR) is 187 cm³/mol. The Morgan fingerprint density at radius 1 is 0.378 bits per heavy atom. The largest absolute Gasteiger partial charge is 0.456 e. The Labute approximate surface area is 259 Å². The lowest BCUT2D eigenvalue weighted by Crippen LogP contribution is -1.92. The van der Waals surface area contributed by atoms with E-state index in [1.807, 2.05) is 0 Å². The molecule has 0 radical (unpaired) electrons. The van der Waals surface area contributed by atoms with Gasteiger partial charge in [-0.15, -0.1) is 0 Å². The van der Waals surface area contributed by atoms with Crippen LogP contribution in [0.4, 0.5) is 0 Å². The second-order valence-corrected chi connectivity index (χ2v) is 13.2. The normalized spacial score (nSPS) is 15.5. The van der Waals surface area contributed by atoms with Crippen molar-refractivity contribution in [3.63, 3.8) is 0 Å². The SMILES string of the molecule is c1ccc2c(c1)c1cc(-c3ccc4oc5ccc(-c6ccc7c(c6)c6ccccc6n7C6CC6)cc5c4c3)ccc1n2C1CC1. The van der Waals surface area contributed by atoms with Crippen molar-refractivity contribution in [2.24, 2.45) is 0 Å². The van der Waals surface area contributed by atoms with Gasteiger partial charge < -0.3 is 13.6 Å². The fourth-order valence-electron chi connectivity index (χ4n) is 7.95. The van der Waals surface area contributed by atoms with E-state index in [0.29, 0.717) is 12.1 Å². The lowest BCUT2D eigenvalue weighted by Gasteiger charge is -2.07. The van der Waals surface area contributed by atoms with Gasteiger partial charge in [0.15, 0.2) is 0 Å². The van der Waals surface area contributed by atoms with Gasteiger partial charge in [-0.3, -0.25) is 0 Å². The summed E-state index contributed by atoms with van der Waals surface area (Å²) in [5, 5.41) is 7.70. The van der Waals surface area contributed by atoms with E-state index in [2.05, 4.69) is 130 Å². The Morgan fingerprint density at radius 3 is 1.20 bits per heavy atom. The van der Waals surface area contributed by atoms with Crippen LogP contribution < -0.4 is 0 Å². The van der Waals surface area contributed by atoms with Gasteiger partial charge in [0, 0.05) is 66.5 Å². The van der Waals surface area contributed by atoms with E-state index in [0.717, 1.165) is 21.9 Å². The fraction of sp³-hybridized carbons (Fsp3) is 0.143. The van der Waals surface area contributed by atoms with E-state index in [1.54, 1.807) is 0 Å². The number of rotatable bonds is 4. The maximum absolute atomic E-state index is 6.36. The van der Waals surface area contributed by atoms with Gasteiger partial charge >= 0.3 is 0 Å². The number of hydrogen-bond donors (Lipinski definition) is 0. The van der Waals surface area contributed by atoms with Gasteiger partial charge in [0.05, 0.1) is 0 Å². The summed E-state index contributed by atoms with van der Waals surface area (Å²) >= 11 is 0. The second kappa shape index (κ2) is 8.67. The molecule has 214 valence electrons. The number of nitrogens with zero attached hydrogens (tertiary/aromatic N) is 2. The molecule has 2 fully saturated rings. The van der Waals surface area contributed by atoms with E-state index in [1.165, 1.54) is 91.5 Å². The summed E-state index contributed by atoms with van der Waals surface area (Å²) in [6.07, 6.45) is 5.11. The van der Waals surface area contributed by atoms with Gasteiger partial charge in [-0.05, 0) is 109 Å². The van der Waals surface area contributed by atoms with Crippen molar-refractivity contribution in [2.75, 3.05) is 0 Å². The number of aromatic nitrogens is 2. The van der Waals surface area contributed by atoms with Crippen molar-refractivity contribution < 1.29 is 4.42 Å². The Bertz CT molecular complexity index is 2490. The van der Waals surface area contributed by atoms with Crippen LogP contribution in [0.15, 0.2) is 126 Å². The molecule has 3 heteroatoms. The van der Waals surface area contributed by atoms with Crippen LogP contribution in [0.25, 0.3) is 87.8 Å². The minimum absolute atomic E-state index is 0.638. The zero-order valence-electron chi connectivity index (χ0n) is 24.8. The molecule has 2 saturated carbocycles. The average molecular weight is 579 g/mol. The summed E-state index contributed by atoms with van der Waals surface area (Å²) < 4.78 is 11.5. The first-order valence-electron chi connectivity index (χ1n) is 16.3. The van der Waals surface area contributed by atoms with E-state index in [-0.39, 0.29) is 0 Å². The molecule has 2 aliphatic rings. The molecule has 6 aromatic carbocycles. The van der Waals surface area contributed by atoms with Crippen LogP contribution in [-0.2, 0) is 0 Å². The highest BCUT2D eigenvalue weighted by Crippen LogP contribution is 2.45. The van der Waals surface area contributed by atoms with Crippen LogP contribution in [0.2, 0.25) is 0 Å². The molecular formula is C42H30N2O. The topological polar surface area (TPSA) is 23.0 Å². The lowest BCUT2D eigenvalue weighted by atomic mass is 9.98. The minimum atomic E-state index is 0.638. The number of hydrogen-bond acceptors (Lipinski definition) is 1. The average Bonchev–Trinajstić information content (AvgIpc) is 4.02. The van der Waals surface area contributed by atoms with Crippen LogP contribution in [-0.4, -0.2) is 9.13 Å². The molecule has 0 N–H and O–H groups in total. The fourth-order valence-corrected chi connectivity index (χ4v) is 7.95. The maximum atomic E-state index is 6.36. The zero-order chi connectivity index (χ0) is 29.2. The molecule has 0 aliphatic heterocycles. The molecule has 3 aromatic heterocycles. The molecule has 0 bridgehead atoms. The van der Waals surface area contributed by atoms with E-state index in [4.69, 9.17) is 4.42 Å². The van der Waals surface area contributed by atoms with Crippen LogP contribution in [0.5, 0.6) is 0 Å². The van der Waals surface area contributed by atoms with Gasteiger partial charge in [0.1, 0.15) is 11.2 Å². The molecule has 11 rings (SSSR count). The third-order valence-corrected chi connectivity index (χ3v) is 10.4. The second-order valence-electron chi connectivity index (χ2n) is 13.2. The molecule has 0 unspecified atom stereocenters. The molecule has 2 aliphatic carbocycles. The smallest absolute Gasteiger partial charge is 0.135 e. The quantitative estimate of drug-likeness (QED) is 0.204. The van der Waals surface area contributed by atoms with Gasteiger partial charge in [-0.25, -0.2) is 0 Å². The van der Waals surface area contributed by atoms with Crippen molar-refractivity contribution in [1.29, 1.82) is 0 Å². The Morgan fingerprint density at radius 2 is 0.756 bits per heavy atom. The number of fused-ring (bicyclic) bond motifs is 9. The van der Waals surface area contributed by atoms with E-state index in [9.17, 15) is 0 Å². The summed E-state index contributed by atoms with van der Waals surface area (Å²) in [5.74, 6) is 0. The molecule has 0 atom stereocenters. The molecule has 0 spiro atoms. The zero-order valence-corrected chi connectivity index (χ0v) is 24.8. The standard InChI is InChI=1S/C42H30N2O/c1-3-7-37-31(5-1)33-21-25(9-17-39(33)43(37)29-13-14-29)27-11-19-41-35(23-27)36-24-28(12-20-42(36)45-41)26-10-18-40-34(22-26)32-6-2-4-8-38(32)44(40)30-15-16-30/h1-12,17-24,29-30H,13-16H2. The predicted octanol–water partition coefficient (Wildman–Crippen LogP) is 11.8. The van der Waals surface area contributed by atoms with Gasteiger partial charge in [0.25, 0.3) is 0 Å². The van der Waals surface area contributed by atoms with E-state index >= 15 is 0 Å². The molecule has 3 heterocycles. The number of benzene rings is 6. The molecule has 0 saturated heterocycles. The molecular weight excluding hydrogens is 548 g/mol. The molecule has 3 nitrogen and oxygen atoms in total. The summed E-state index contributed by atoms with van der Waals surface area (Å²) in [7, 11) is 0. The van der Waals surface area contributed by atoms with Crippen LogP contribution in [0.1, 0.15) is 37.8 Å². The van der Waals surface area contributed by atoms with Crippen LogP contribution >= 0.6 is 0 Å². The molecule has 0 amide bonds. The highest BCUT2D eigenvalue weighted by molar-refractivity contribution is 6.12. The van der Waals surface area contributed by atoms with Crippen LogP contribution in [0, 0.1) is 0 Å². The first kappa shape index (κ1) is 24.1. The molecule has 45 heavy (non-hydrogen) atoms. The summed E-state index contributed by atoms with van der Waals surface area (Å²) in [4.78, 5) is 0. The maximum Gasteiger partial charge on any atom is 0.135 e.